The lowest BCUT2D eigenvalue weighted by atomic mass is 9.95. The molecule has 0 saturated carbocycles. The van der Waals surface area contributed by atoms with Crippen LogP contribution in [0.4, 0.5) is 0 Å². The number of nitrogens with one attached hydrogen (secondary N) is 1. The molecule has 1 amide bonds. The number of hydrogen-bond acceptors (Lipinski definition) is 2. The van der Waals surface area contributed by atoms with Gasteiger partial charge in [0.15, 0.2) is 6.10 Å². The fourth-order valence-electron chi connectivity index (χ4n) is 3.47. The van der Waals surface area contributed by atoms with Crippen LogP contribution in [0.15, 0.2) is 78.9 Å². The van der Waals surface area contributed by atoms with Crippen molar-refractivity contribution < 1.29 is 9.53 Å². The molecule has 3 aromatic rings. The van der Waals surface area contributed by atoms with E-state index in [1.807, 2.05) is 66.7 Å². The first kappa shape index (κ1) is 20.7. The Kier molecular flexibility index (Phi) is 6.71. The smallest absolute Gasteiger partial charge is 0.261 e. The third kappa shape index (κ3) is 5.05. The van der Waals surface area contributed by atoms with Gasteiger partial charge in [0.2, 0.25) is 0 Å². The zero-order valence-corrected chi connectivity index (χ0v) is 17.6. The Bertz CT molecular complexity index is 950. The average Bonchev–Trinajstić information content (AvgIpc) is 2.73. The lowest BCUT2D eigenvalue weighted by molar-refractivity contribution is -0.127. The van der Waals surface area contributed by atoms with Crippen LogP contribution in [0.3, 0.4) is 0 Å². The number of benzene rings is 3. The summed E-state index contributed by atoms with van der Waals surface area (Å²) in [5.41, 5.74) is 4.37. The maximum atomic E-state index is 13.1. The summed E-state index contributed by atoms with van der Waals surface area (Å²) < 4.78 is 6.06. The molecule has 1 N–H and O–H groups in total. The minimum Gasteiger partial charge on any atom is -0.481 e. The zero-order chi connectivity index (χ0) is 20.8. The van der Waals surface area contributed by atoms with E-state index in [9.17, 15) is 4.79 Å². The van der Waals surface area contributed by atoms with E-state index in [0.717, 1.165) is 28.0 Å². The molecule has 3 rings (SSSR count). The Balaban J connectivity index is 1.83. The first-order chi connectivity index (χ1) is 14.0. The van der Waals surface area contributed by atoms with Crippen LogP contribution in [0, 0.1) is 6.92 Å². The number of aryl methyl sites for hydroxylation is 1. The molecule has 0 aliphatic carbocycles. The summed E-state index contributed by atoms with van der Waals surface area (Å²) >= 11 is 0. The Morgan fingerprint density at radius 1 is 0.793 bits per heavy atom. The van der Waals surface area contributed by atoms with Gasteiger partial charge in [0.1, 0.15) is 5.75 Å². The highest BCUT2D eigenvalue weighted by Gasteiger charge is 2.23. The van der Waals surface area contributed by atoms with Crippen LogP contribution in [-0.2, 0) is 4.79 Å². The van der Waals surface area contributed by atoms with E-state index < -0.39 is 6.10 Å². The predicted octanol–water partition coefficient (Wildman–Crippen LogP) is 5.79. The first-order valence-electron chi connectivity index (χ1n) is 10.1. The van der Waals surface area contributed by atoms with Crippen molar-refractivity contribution in [2.24, 2.45) is 0 Å². The fraction of sp³-hybridized carbons (Fsp3) is 0.269. The molecule has 0 bridgehead atoms. The quantitative estimate of drug-likeness (QED) is 0.557. The van der Waals surface area contributed by atoms with E-state index in [4.69, 9.17) is 4.74 Å². The fourth-order valence-corrected chi connectivity index (χ4v) is 3.47. The number of hydrogen-bond donors (Lipinski definition) is 1. The molecule has 0 unspecified atom stereocenters. The van der Waals surface area contributed by atoms with Gasteiger partial charge in [0, 0.05) is 0 Å². The molecule has 0 aliphatic rings. The molecule has 2 atom stereocenters. The molecule has 0 heterocycles. The lowest BCUT2D eigenvalue weighted by Crippen LogP contribution is -2.39. The third-order valence-electron chi connectivity index (χ3n) is 5.13. The van der Waals surface area contributed by atoms with Crippen molar-refractivity contribution in [1.82, 2.24) is 5.32 Å². The topological polar surface area (TPSA) is 38.3 Å². The summed E-state index contributed by atoms with van der Waals surface area (Å²) in [7, 11) is 0. The van der Waals surface area contributed by atoms with E-state index in [0.29, 0.717) is 5.92 Å². The summed E-state index contributed by atoms with van der Waals surface area (Å²) in [5, 5.41) is 3.20. The van der Waals surface area contributed by atoms with Gasteiger partial charge in [0.25, 0.3) is 5.91 Å². The Labute approximate surface area is 173 Å². The van der Waals surface area contributed by atoms with Crippen molar-refractivity contribution in [3.05, 3.63) is 101 Å². The van der Waals surface area contributed by atoms with Crippen molar-refractivity contribution in [1.29, 1.82) is 0 Å². The zero-order valence-electron chi connectivity index (χ0n) is 17.6. The molecule has 150 valence electrons. The van der Waals surface area contributed by atoms with E-state index in [-0.39, 0.29) is 11.9 Å². The third-order valence-corrected chi connectivity index (χ3v) is 5.13. The van der Waals surface area contributed by atoms with Crippen LogP contribution in [0.5, 0.6) is 5.75 Å². The van der Waals surface area contributed by atoms with Crippen molar-refractivity contribution >= 4 is 5.91 Å². The predicted molar refractivity (Wildman–Crippen MR) is 118 cm³/mol. The lowest BCUT2D eigenvalue weighted by Gasteiger charge is -2.24. The second-order valence-corrected chi connectivity index (χ2v) is 7.66. The van der Waals surface area contributed by atoms with Gasteiger partial charge in [-0.3, -0.25) is 4.79 Å². The Morgan fingerprint density at radius 2 is 1.38 bits per heavy atom. The summed E-state index contributed by atoms with van der Waals surface area (Å²) in [4.78, 5) is 13.1. The molecule has 3 aromatic carbocycles. The van der Waals surface area contributed by atoms with Crippen LogP contribution in [0.1, 0.15) is 55.0 Å². The number of para-hydroxylation sites is 1. The highest BCUT2D eigenvalue weighted by atomic mass is 16.5. The normalized spacial score (nSPS) is 13.0. The standard InChI is InChI=1S/C26H29NO2/c1-18(2)22-15-10-11-17-24(22)29-20(4)26(28)27-25(21-13-6-5-7-14-21)23-16-9-8-12-19(23)3/h5-18,20,25H,1-4H3,(H,27,28)/t20-,25-/m1/s1. The van der Waals surface area contributed by atoms with E-state index in [1.165, 1.54) is 0 Å². The number of ether oxygens (including phenoxy) is 1. The van der Waals surface area contributed by atoms with Gasteiger partial charge in [-0.2, -0.15) is 0 Å². The molecular weight excluding hydrogens is 358 g/mol. The van der Waals surface area contributed by atoms with Crippen LogP contribution in [0.25, 0.3) is 0 Å². The molecule has 0 fully saturated rings. The van der Waals surface area contributed by atoms with Gasteiger partial charge in [-0.25, -0.2) is 0 Å². The minimum atomic E-state index is -0.606. The van der Waals surface area contributed by atoms with E-state index >= 15 is 0 Å². The average molecular weight is 388 g/mol. The second-order valence-electron chi connectivity index (χ2n) is 7.66. The molecule has 0 aromatic heterocycles. The molecule has 0 spiro atoms. The highest BCUT2D eigenvalue weighted by Crippen LogP contribution is 2.28. The van der Waals surface area contributed by atoms with Gasteiger partial charge < -0.3 is 10.1 Å². The van der Waals surface area contributed by atoms with Crippen molar-refractivity contribution in [3.63, 3.8) is 0 Å². The van der Waals surface area contributed by atoms with Crippen molar-refractivity contribution in [3.8, 4) is 5.75 Å². The Morgan fingerprint density at radius 3 is 2.03 bits per heavy atom. The van der Waals surface area contributed by atoms with Gasteiger partial charge in [-0.05, 0) is 48.1 Å². The van der Waals surface area contributed by atoms with Crippen molar-refractivity contribution in [2.45, 2.75) is 45.8 Å². The summed E-state index contributed by atoms with van der Waals surface area (Å²) in [6, 6.07) is 25.9. The van der Waals surface area contributed by atoms with Crippen LogP contribution < -0.4 is 10.1 Å². The molecule has 0 aliphatic heterocycles. The second kappa shape index (κ2) is 9.42. The van der Waals surface area contributed by atoms with Crippen LogP contribution in [0.2, 0.25) is 0 Å². The highest BCUT2D eigenvalue weighted by molar-refractivity contribution is 5.81. The van der Waals surface area contributed by atoms with Crippen LogP contribution in [-0.4, -0.2) is 12.0 Å². The number of carbonyl (C=O) groups is 1. The monoisotopic (exact) mass is 387 g/mol. The van der Waals surface area contributed by atoms with Gasteiger partial charge in [0.05, 0.1) is 6.04 Å². The van der Waals surface area contributed by atoms with Gasteiger partial charge >= 0.3 is 0 Å². The van der Waals surface area contributed by atoms with Gasteiger partial charge in [-0.1, -0.05) is 86.6 Å². The molecule has 3 nitrogen and oxygen atoms in total. The van der Waals surface area contributed by atoms with E-state index in [1.54, 1.807) is 6.92 Å². The maximum absolute atomic E-state index is 13.1. The number of rotatable bonds is 7. The number of amides is 1. The first-order valence-corrected chi connectivity index (χ1v) is 10.1. The minimum absolute atomic E-state index is 0.138. The van der Waals surface area contributed by atoms with E-state index in [2.05, 4.69) is 38.2 Å². The van der Waals surface area contributed by atoms with Crippen molar-refractivity contribution in [2.75, 3.05) is 0 Å². The largest absolute Gasteiger partial charge is 0.481 e. The SMILES string of the molecule is Cc1ccccc1[C@H](NC(=O)[C@@H](C)Oc1ccccc1C(C)C)c1ccccc1. The summed E-state index contributed by atoms with van der Waals surface area (Å²) in [6.07, 6.45) is -0.606. The molecule has 0 saturated heterocycles. The number of carbonyl (C=O) groups excluding carboxylic acids is 1. The molecule has 29 heavy (non-hydrogen) atoms. The Hall–Kier alpha value is -3.07. The molecule has 0 radical (unpaired) electrons. The molecule has 3 heteroatoms. The maximum Gasteiger partial charge on any atom is 0.261 e. The van der Waals surface area contributed by atoms with Gasteiger partial charge in [-0.15, -0.1) is 0 Å². The van der Waals surface area contributed by atoms with Crippen LogP contribution >= 0.6 is 0 Å². The summed E-state index contributed by atoms with van der Waals surface area (Å²) in [5.74, 6) is 0.948. The molecular formula is C26H29NO2. The summed E-state index contributed by atoms with van der Waals surface area (Å²) in [6.45, 7) is 8.11.